The maximum atomic E-state index is 11.5. The highest BCUT2D eigenvalue weighted by molar-refractivity contribution is 5.84. The van der Waals surface area contributed by atoms with Gasteiger partial charge in [0.25, 0.3) is 0 Å². The number of aliphatic carboxylic acids is 1. The Morgan fingerprint density at radius 1 is 1.14 bits per heavy atom. The predicted molar refractivity (Wildman–Crippen MR) is 89.2 cm³/mol. The number of hydrogen-bond donors (Lipinski definition) is 2. The highest BCUT2D eigenvalue weighted by atomic mass is 16.4. The molecule has 3 heteroatoms. The van der Waals surface area contributed by atoms with Crippen LogP contribution in [0.1, 0.15) is 31.4 Å². The molecule has 0 saturated heterocycles. The Labute approximate surface area is 131 Å². The Kier molecular flexibility index (Phi) is 3.88. The third-order valence-electron chi connectivity index (χ3n) is 4.19. The Bertz CT molecular complexity index is 706. The first kappa shape index (κ1) is 14.6. The largest absolute Gasteiger partial charge is 0.480 e. The molecule has 0 bridgehead atoms. The summed E-state index contributed by atoms with van der Waals surface area (Å²) in [5.74, 6) is -0.454. The first-order valence-electron chi connectivity index (χ1n) is 7.75. The normalized spacial score (nSPS) is 13.6. The van der Waals surface area contributed by atoms with Crippen molar-refractivity contribution in [2.24, 2.45) is 5.92 Å². The van der Waals surface area contributed by atoms with Gasteiger partial charge in [-0.05, 0) is 40.7 Å². The zero-order valence-corrected chi connectivity index (χ0v) is 13.0. The van der Waals surface area contributed by atoms with Crippen molar-refractivity contribution < 1.29 is 9.90 Å². The summed E-state index contributed by atoms with van der Waals surface area (Å²) in [6, 6.07) is 13.9. The molecule has 2 aromatic carbocycles. The van der Waals surface area contributed by atoms with Crippen LogP contribution in [0.25, 0.3) is 11.1 Å². The van der Waals surface area contributed by atoms with Crippen LogP contribution in [-0.4, -0.2) is 17.1 Å². The second-order valence-corrected chi connectivity index (χ2v) is 6.33. The summed E-state index contributed by atoms with van der Waals surface area (Å²) < 4.78 is 0. The molecule has 22 heavy (non-hydrogen) atoms. The molecule has 0 amide bonds. The minimum Gasteiger partial charge on any atom is -0.480 e. The molecule has 1 unspecified atom stereocenters. The van der Waals surface area contributed by atoms with E-state index in [-0.39, 0.29) is 0 Å². The van der Waals surface area contributed by atoms with Crippen molar-refractivity contribution in [2.45, 2.75) is 32.7 Å². The van der Waals surface area contributed by atoms with Gasteiger partial charge in [-0.25, -0.2) is 4.79 Å². The van der Waals surface area contributed by atoms with E-state index in [9.17, 15) is 9.90 Å². The van der Waals surface area contributed by atoms with Crippen molar-refractivity contribution in [3.63, 3.8) is 0 Å². The van der Waals surface area contributed by atoms with Crippen LogP contribution >= 0.6 is 0 Å². The number of fused-ring (bicyclic) bond motifs is 3. The maximum Gasteiger partial charge on any atom is 0.326 e. The van der Waals surface area contributed by atoms with Gasteiger partial charge in [0, 0.05) is 12.1 Å². The first-order chi connectivity index (χ1) is 10.6. The molecule has 0 heterocycles. The molecule has 114 valence electrons. The van der Waals surface area contributed by atoms with E-state index >= 15 is 0 Å². The molecule has 3 nitrogen and oxygen atoms in total. The Balaban J connectivity index is 1.92. The number of nitrogens with one attached hydrogen (secondary N) is 1. The van der Waals surface area contributed by atoms with E-state index in [4.69, 9.17) is 0 Å². The van der Waals surface area contributed by atoms with Crippen molar-refractivity contribution in [2.75, 3.05) is 5.32 Å². The van der Waals surface area contributed by atoms with Crippen LogP contribution in [0, 0.1) is 5.92 Å². The average molecular weight is 295 g/mol. The molecule has 3 rings (SSSR count). The van der Waals surface area contributed by atoms with E-state index in [1.165, 1.54) is 22.3 Å². The molecule has 1 aliphatic carbocycles. The molecule has 2 aromatic rings. The fourth-order valence-corrected chi connectivity index (χ4v) is 3.17. The van der Waals surface area contributed by atoms with Crippen LogP contribution in [0.2, 0.25) is 0 Å². The molecule has 0 aromatic heterocycles. The van der Waals surface area contributed by atoms with E-state index in [1.807, 2.05) is 32.0 Å². The summed E-state index contributed by atoms with van der Waals surface area (Å²) in [4.78, 5) is 11.5. The molecule has 1 atom stereocenters. The molecule has 1 aliphatic rings. The lowest BCUT2D eigenvalue weighted by Gasteiger charge is -2.19. The van der Waals surface area contributed by atoms with Gasteiger partial charge in [-0.2, -0.15) is 0 Å². The zero-order valence-electron chi connectivity index (χ0n) is 13.0. The standard InChI is InChI=1S/C19H21NO2/c1-12(2)10-18(19(21)22)20-17-9-5-8-15-14-7-4-3-6-13(14)11-16(15)17/h3-9,12,18,20H,10-11H2,1-2H3,(H,21,22). The summed E-state index contributed by atoms with van der Waals surface area (Å²) in [5.41, 5.74) is 5.94. The van der Waals surface area contributed by atoms with Gasteiger partial charge in [-0.3, -0.25) is 0 Å². The lowest BCUT2D eigenvalue weighted by Crippen LogP contribution is -2.31. The van der Waals surface area contributed by atoms with Gasteiger partial charge in [0.15, 0.2) is 0 Å². The Morgan fingerprint density at radius 2 is 1.86 bits per heavy atom. The molecule has 0 spiro atoms. The van der Waals surface area contributed by atoms with E-state index in [2.05, 4.69) is 29.6 Å². The van der Waals surface area contributed by atoms with E-state index < -0.39 is 12.0 Å². The summed E-state index contributed by atoms with van der Waals surface area (Å²) in [7, 11) is 0. The number of carbonyl (C=O) groups is 1. The van der Waals surface area contributed by atoms with Gasteiger partial charge in [-0.1, -0.05) is 50.2 Å². The van der Waals surface area contributed by atoms with Crippen molar-refractivity contribution in [3.8, 4) is 11.1 Å². The van der Waals surface area contributed by atoms with Crippen molar-refractivity contribution >= 4 is 11.7 Å². The Hall–Kier alpha value is -2.29. The van der Waals surface area contributed by atoms with Gasteiger partial charge in [0.1, 0.15) is 6.04 Å². The second kappa shape index (κ2) is 5.84. The summed E-state index contributed by atoms with van der Waals surface area (Å²) >= 11 is 0. The molecule has 0 radical (unpaired) electrons. The highest BCUT2D eigenvalue weighted by Crippen LogP contribution is 2.40. The SMILES string of the molecule is CC(C)CC(Nc1cccc2c1Cc1ccccc1-2)C(=O)O. The lowest BCUT2D eigenvalue weighted by molar-refractivity contribution is -0.138. The third-order valence-corrected chi connectivity index (χ3v) is 4.19. The van der Waals surface area contributed by atoms with Crippen LogP contribution in [0.5, 0.6) is 0 Å². The third kappa shape index (κ3) is 2.71. The number of rotatable bonds is 5. The van der Waals surface area contributed by atoms with E-state index in [0.717, 1.165) is 12.1 Å². The predicted octanol–water partition coefficient (Wildman–Crippen LogP) is 4.17. The van der Waals surface area contributed by atoms with Gasteiger partial charge in [-0.15, -0.1) is 0 Å². The van der Waals surface area contributed by atoms with Crippen LogP contribution in [0.15, 0.2) is 42.5 Å². The van der Waals surface area contributed by atoms with Crippen molar-refractivity contribution in [1.82, 2.24) is 0 Å². The summed E-state index contributed by atoms with van der Waals surface area (Å²) in [6.07, 6.45) is 1.48. The fraction of sp³-hybridized carbons (Fsp3) is 0.316. The summed E-state index contributed by atoms with van der Waals surface area (Å²) in [6.45, 7) is 4.09. The fourth-order valence-electron chi connectivity index (χ4n) is 3.17. The molecule has 0 aliphatic heterocycles. The number of hydrogen-bond acceptors (Lipinski definition) is 2. The molecular formula is C19H21NO2. The second-order valence-electron chi connectivity index (χ2n) is 6.33. The van der Waals surface area contributed by atoms with E-state index in [0.29, 0.717) is 12.3 Å². The van der Waals surface area contributed by atoms with Crippen molar-refractivity contribution in [3.05, 3.63) is 53.6 Å². The molecule has 0 fully saturated rings. The molecule has 0 saturated carbocycles. The van der Waals surface area contributed by atoms with Crippen molar-refractivity contribution in [1.29, 1.82) is 0 Å². The molecule has 2 N–H and O–H groups in total. The van der Waals surface area contributed by atoms with Gasteiger partial charge < -0.3 is 10.4 Å². The minimum atomic E-state index is -0.790. The number of carboxylic acids is 1. The summed E-state index contributed by atoms with van der Waals surface area (Å²) in [5, 5.41) is 12.7. The smallest absolute Gasteiger partial charge is 0.326 e. The quantitative estimate of drug-likeness (QED) is 0.742. The van der Waals surface area contributed by atoms with Gasteiger partial charge >= 0.3 is 5.97 Å². The minimum absolute atomic E-state index is 0.336. The Morgan fingerprint density at radius 3 is 2.59 bits per heavy atom. The van der Waals surface area contributed by atoms with Crippen LogP contribution in [-0.2, 0) is 11.2 Å². The lowest BCUT2D eigenvalue weighted by atomic mass is 10.0. The average Bonchev–Trinajstić information content (AvgIpc) is 2.86. The van der Waals surface area contributed by atoms with Gasteiger partial charge in [0.2, 0.25) is 0 Å². The monoisotopic (exact) mass is 295 g/mol. The highest BCUT2D eigenvalue weighted by Gasteiger charge is 2.24. The number of carboxylic acid groups (broad SMARTS) is 1. The number of anilines is 1. The maximum absolute atomic E-state index is 11.5. The topological polar surface area (TPSA) is 49.3 Å². The number of benzene rings is 2. The van der Waals surface area contributed by atoms with Crippen LogP contribution < -0.4 is 5.32 Å². The van der Waals surface area contributed by atoms with Gasteiger partial charge in [0.05, 0.1) is 0 Å². The van der Waals surface area contributed by atoms with Crippen LogP contribution in [0.3, 0.4) is 0 Å². The molecular weight excluding hydrogens is 274 g/mol. The van der Waals surface area contributed by atoms with E-state index in [1.54, 1.807) is 0 Å². The first-order valence-corrected chi connectivity index (χ1v) is 7.75. The van der Waals surface area contributed by atoms with Crippen LogP contribution in [0.4, 0.5) is 5.69 Å². The zero-order chi connectivity index (χ0) is 15.7.